The number of rotatable bonds is 8. The Balaban J connectivity index is 1.08. The smallest absolute Gasteiger partial charge is 0.144 e. The Morgan fingerprint density at radius 2 is 0.615 bits per heavy atom. The van der Waals surface area contributed by atoms with Crippen molar-refractivity contribution < 1.29 is 13.3 Å². The van der Waals surface area contributed by atoms with Crippen molar-refractivity contribution in [2.24, 2.45) is 0 Å². The molecule has 0 spiro atoms. The molecule has 0 atom stereocenters. The molecule has 0 fully saturated rings. The Morgan fingerprint density at radius 3 is 0.872 bits per heavy atom. The second-order valence-corrected chi connectivity index (χ2v) is 13.6. The monoisotopic (exact) mass is 584 g/mol. The van der Waals surface area contributed by atoms with E-state index in [2.05, 4.69) is 86.6 Å². The van der Waals surface area contributed by atoms with E-state index in [1.54, 1.807) is 45.3 Å². The van der Waals surface area contributed by atoms with Crippen molar-refractivity contribution in [1.82, 2.24) is 0 Å². The van der Waals surface area contributed by atoms with E-state index in [9.17, 15) is 0 Å². The van der Waals surface area contributed by atoms with Gasteiger partial charge in [0.25, 0.3) is 0 Å². The Bertz CT molecular complexity index is 1730. The molecular formula is C32H24O3S4. The van der Waals surface area contributed by atoms with Crippen molar-refractivity contribution in [2.45, 2.75) is 26.7 Å². The van der Waals surface area contributed by atoms with E-state index in [0.29, 0.717) is 0 Å². The fraction of sp³-hybridized carbons (Fsp3) is 0.125. The van der Waals surface area contributed by atoms with E-state index in [-0.39, 0.29) is 0 Å². The molecule has 0 aromatic carbocycles. The summed E-state index contributed by atoms with van der Waals surface area (Å²) in [5, 5.41) is 0. The third-order valence-corrected chi connectivity index (χ3v) is 11.2. The molecule has 3 nitrogen and oxygen atoms in total. The second-order valence-electron chi connectivity index (χ2n) is 9.06. The number of hydrogen-bond donors (Lipinski definition) is 0. The van der Waals surface area contributed by atoms with Gasteiger partial charge in [-0.1, -0.05) is 13.8 Å². The fourth-order valence-electron chi connectivity index (χ4n) is 4.41. The number of furan rings is 3. The highest BCUT2D eigenvalue weighted by molar-refractivity contribution is 7.19. The largest absolute Gasteiger partial charge is 0.454 e. The molecule has 194 valence electrons. The highest BCUT2D eigenvalue weighted by Crippen LogP contribution is 2.42. The van der Waals surface area contributed by atoms with Crippen molar-refractivity contribution in [2.75, 3.05) is 0 Å². The zero-order chi connectivity index (χ0) is 26.3. The minimum Gasteiger partial charge on any atom is -0.454 e. The lowest BCUT2D eigenvalue weighted by molar-refractivity contribution is 0.600. The summed E-state index contributed by atoms with van der Waals surface area (Å²) in [5.74, 6) is 5.32. The molecule has 7 aromatic rings. The molecule has 0 amide bonds. The summed E-state index contributed by atoms with van der Waals surface area (Å²) in [4.78, 5) is 9.40. The molecule has 7 aromatic heterocycles. The molecule has 0 aliphatic rings. The Morgan fingerprint density at radius 1 is 0.359 bits per heavy atom. The summed E-state index contributed by atoms with van der Waals surface area (Å²) in [6.45, 7) is 4.35. The van der Waals surface area contributed by atoms with Crippen LogP contribution in [-0.2, 0) is 12.8 Å². The van der Waals surface area contributed by atoms with E-state index >= 15 is 0 Å². The lowest BCUT2D eigenvalue weighted by Gasteiger charge is -1.94. The summed E-state index contributed by atoms with van der Waals surface area (Å²) in [5.41, 5.74) is 0. The van der Waals surface area contributed by atoms with Crippen LogP contribution in [-0.4, -0.2) is 0 Å². The van der Waals surface area contributed by atoms with Crippen LogP contribution in [0.2, 0.25) is 0 Å². The van der Waals surface area contributed by atoms with Crippen LogP contribution in [0.4, 0.5) is 0 Å². The van der Waals surface area contributed by atoms with E-state index in [1.807, 2.05) is 12.1 Å². The topological polar surface area (TPSA) is 39.4 Å². The maximum Gasteiger partial charge on any atom is 0.144 e. The molecule has 0 unspecified atom stereocenters. The highest BCUT2D eigenvalue weighted by atomic mass is 32.1. The zero-order valence-corrected chi connectivity index (χ0v) is 24.6. The molecule has 0 saturated carbocycles. The standard InChI is InChI=1S/C32H24O3S4/c1-3-19-5-13-27(36-19)21-7-9-23(33-21)29-15-17-31(38-29)25-11-12-26(35-25)32-18-16-30(39-32)24-10-8-22(34-24)28-14-6-20(4-2)37-28/h5-18H,3-4H2,1-2H3. The molecule has 7 heterocycles. The van der Waals surface area contributed by atoms with Gasteiger partial charge in [0.15, 0.2) is 0 Å². The van der Waals surface area contributed by atoms with Crippen LogP contribution in [0.25, 0.3) is 63.8 Å². The van der Waals surface area contributed by atoms with Gasteiger partial charge in [0.05, 0.1) is 29.3 Å². The molecule has 0 N–H and O–H groups in total. The van der Waals surface area contributed by atoms with Crippen molar-refractivity contribution in [1.29, 1.82) is 0 Å². The van der Waals surface area contributed by atoms with Gasteiger partial charge < -0.3 is 13.3 Å². The molecule has 0 radical (unpaired) electrons. The van der Waals surface area contributed by atoms with Crippen LogP contribution in [0.1, 0.15) is 23.6 Å². The molecule has 0 aliphatic carbocycles. The fourth-order valence-corrected chi connectivity index (χ4v) is 8.09. The number of hydrogen-bond acceptors (Lipinski definition) is 7. The third kappa shape index (κ3) is 4.80. The van der Waals surface area contributed by atoms with Crippen LogP contribution >= 0.6 is 45.3 Å². The number of aryl methyl sites for hydroxylation is 2. The van der Waals surface area contributed by atoms with Gasteiger partial charge in [-0.2, -0.15) is 0 Å². The maximum absolute atomic E-state index is 6.30. The molecule has 0 aliphatic heterocycles. The van der Waals surface area contributed by atoms with Crippen LogP contribution in [0, 0.1) is 0 Å². The molecule has 39 heavy (non-hydrogen) atoms. The van der Waals surface area contributed by atoms with Gasteiger partial charge in [0.1, 0.15) is 34.6 Å². The highest BCUT2D eigenvalue weighted by Gasteiger charge is 2.16. The Kier molecular flexibility index (Phi) is 6.52. The van der Waals surface area contributed by atoms with Crippen molar-refractivity contribution in [3.05, 3.63) is 94.7 Å². The van der Waals surface area contributed by atoms with Crippen LogP contribution in [0.5, 0.6) is 0 Å². The Labute approximate surface area is 242 Å². The quantitative estimate of drug-likeness (QED) is 0.178. The first-order chi connectivity index (χ1) is 19.2. The van der Waals surface area contributed by atoms with Gasteiger partial charge in [-0.3, -0.25) is 0 Å². The summed E-state index contributed by atoms with van der Waals surface area (Å²) < 4.78 is 18.7. The van der Waals surface area contributed by atoms with Gasteiger partial charge in [-0.05, 0) is 97.8 Å². The van der Waals surface area contributed by atoms with Crippen LogP contribution in [0.3, 0.4) is 0 Å². The summed E-state index contributed by atoms with van der Waals surface area (Å²) in [6.07, 6.45) is 2.09. The molecule has 0 bridgehead atoms. The van der Waals surface area contributed by atoms with E-state index in [0.717, 1.165) is 66.9 Å². The minimum atomic E-state index is 0.860. The van der Waals surface area contributed by atoms with E-state index in [4.69, 9.17) is 13.3 Å². The molecule has 7 heteroatoms. The van der Waals surface area contributed by atoms with Crippen molar-refractivity contribution >= 4 is 45.3 Å². The zero-order valence-electron chi connectivity index (χ0n) is 21.4. The lowest BCUT2D eigenvalue weighted by atomic mass is 10.3. The molecule has 7 rings (SSSR count). The minimum absolute atomic E-state index is 0.860. The van der Waals surface area contributed by atoms with Gasteiger partial charge in [0.2, 0.25) is 0 Å². The van der Waals surface area contributed by atoms with Crippen molar-refractivity contribution in [3.63, 3.8) is 0 Å². The second kappa shape index (κ2) is 10.3. The number of thiophene rings is 4. The first kappa shape index (κ1) is 24.7. The van der Waals surface area contributed by atoms with E-state index < -0.39 is 0 Å². The maximum atomic E-state index is 6.30. The van der Waals surface area contributed by atoms with Crippen LogP contribution in [0.15, 0.2) is 98.2 Å². The molecule has 0 saturated heterocycles. The predicted octanol–water partition coefficient (Wildman–Crippen LogP) is 11.8. The Hall–Kier alpha value is -3.36. The third-order valence-electron chi connectivity index (χ3n) is 6.51. The van der Waals surface area contributed by atoms with Crippen molar-refractivity contribution in [3.8, 4) is 63.8 Å². The first-order valence-corrected chi connectivity index (χ1v) is 16.1. The first-order valence-electron chi connectivity index (χ1n) is 12.9. The average Bonchev–Trinajstić information content (AvgIpc) is 3.82. The van der Waals surface area contributed by atoms with Gasteiger partial charge in [0, 0.05) is 9.75 Å². The lowest BCUT2D eigenvalue weighted by Crippen LogP contribution is -1.65. The SMILES string of the molecule is CCc1ccc(-c2ccc(-c3ccc(-c4ccc(-c5ccc(-c6ccc(-c7ccc(CC)s7)o6)s5)o4)s3)o2)s1. The van der Waals surface area contributed by atoms with Gasteiger partial charge in [-0.15, -0.1) is 45.3 Å². The normalized spacial score (nSPS) is 11.5. The average molecular weight is 585 g/mol. The van der Waals surface area contributed by atoms with Gasteiger partial charge >= 0.3 is 0 Å². The van der Waals surface area contributed by atoms with E-state index in [1.165, 1.54) is 19.5 Å². The van der Waals surface area contributed by atoms with Crippen LogP contribution < -0.4 is 0 Å². The molecular weight excluding hydrogens is 561 g/mol. The summed E-state index contributed by atoms with van der Waals surface area (Å²) in [6, 6.07) is 29.4. The predicted molar refractivity (Wildman–Crippen MR) is 166 cm³/mol. The summed E-state index contributed by atoms with van der Waals surface area (Å²) in [7, 11) is 0. The van der Waals surface area contributed by atoms with Gasteiger partial charge in [-0.25, -0.2) is 0 Å². The summed E-state index contributed by atoms with van der Waals surface area (Å²) >= 11 is 6.93.